The Morgan fingerprint density at radius 3 is 2.29 bits per heavy atom. The molecule has 0 bridgehead atoms. The van der Waals surface area contributed by atoms with Crippen molar-refractivity contribution in [1.29, 1.82) is 0 Å². The first kappa shape index (κ1) is 16.2. The smallest absolute Gasteiger partial charge is 0.0642 e. The fourth-order valence-corrected chi connectivity index (χ4v) is 2.81. The first-order valence-electron chi connectivity index (χ1n) is 6.93. The molecule has 2 nitrogen and oxygen atoms in total. The van der Waals surface area contributed by atoms with E-state index in [1.165, 1.54) is 0 Å². The fraction of sp³-hybridized carbons (Fsp3) is 0.294. The van der Waals surface area contributed by atoms with Gasteiger partial charge < -0.3 is 10.6 Å². The van der Waals surface area contributed by atoms with Crippen LogP contribution in [0.3, 0.4) is 0 Å². The first-order chi connectivity index (χ1) is 9.90. The van der Waals surface area contributed by atoms with Gasteiger partial charge in [0.2, 0.25) is 0 Å². The van der Waals surface area contributed by atoms with Gasteiger partial charge in [-0.2, -0.15) is 0 Å². The second-order valence-electron chi connectivity index (χ2n) is 5.34. The summed E-state index contributed by atoms with van der Waals surface area (Å²) in [4.78, 5) is 2.14. The molecule has 4 heteroatoms. The average Bonchev–Trinajstić information content (AvgIpc) is 2.45. The third kappa shape index (κ3) is 3.70. The quantitative estimate of drug-likeness (QED) is 0.837. The van der Waals surface area contributed by atoms with Crippen molar-refractivity contribution in [2.75, 3.05) is 11.9 Å². The van der Waals surface area contributed by atoms with Crippen LogP contribution in [0.4, 0.5) is 5.69 Å². The van der Waals surface area contributed by atoms with E-state index in [1.807, 2.05) is 50.4 Å². The lowest BCUT2D eigenvalue weighted by atomic mass is 10.1. The molecule has 0 aliphatic heterocycles. The summed E-state index contributed by atoms with van der Waals surface area (Å²) in [7, 11) is 2.03. The maximum atomic E-state index is 6.41. The third-order valence-corrected chi connectivity index (χ3v) is 4.33. The van der Waals surface area contributed by atoms with Gasteiger partial charge >= 0.3 is 0 Å². The predicted octanol–water partition coefficient (Wildman–Crippen LogP) is 5.21. The summed E-state index contributed by atoms with van der Waals surface area (Å²) in [6.45, 7) is 4.07. The molecule has 112 valence electrons. The highest BCUT2D eigenvalue weighted by Crippen LogP contribution is 2.33. The van der Waals surface area contributed by atoms with Gasteiger partial charge in [-0.1, -0.05) is 41.4 Å². The molecule has 2 atom stereocenters. The van der Waals surface area contributed by atoms with Gasteiger partial charge in [-0.05, 0) is 49.2 Å². The summed E-state index contributed by atoms with van der Waals surface area (Å²) < 4.78 is 0. The van der Waals surface area contributed by atoms with E-state index in [2.05, 4.69) is 17.9 Å². The zero-order valence-electron chi connectivity index (χ0n) is 12.5. The standard InChI is InChI=1S/C17H20Cl2N2/c1-11(20)13-7-8-17(16(19)10-13)21(3)12(2)14-5-4-6-15(18)9-14/h4-12H,20H2,1-3H3/t11-,12?/m0/s1. The summed E-state index contributed by atoms with van der Waals surface area (Å²) in [5.74, 6) is 0. The van der Waals surface area contributed by atoms with Crippen LogP contribution in [0.5, 0.6) is 0 Å². The molecule has 2 aromatic carbocycles. The molecule has 0 aromatic heterocycles. The molecule has 0 aliphatic carbocycles. The maximum Gasteiger partial charge on any atom is 0.0642 e. The highest BCUT2D eigenvalue weighted by atomic mass is 35.5. The molecule has 21 heavy (non-hydrogen) atoms. The Hall–Kier alpha value is -1.22. The van der Waals surface area contributed by atoms with E-state index in [0.717, 1.165) is 21.8 Å². The van der Waals surface area contributed by atoms with Crippen LogP contribution in [0.2, 0.25) is 10.0 Å². The van der Waals surface area contributed by atoms with Crippen molar-refractivity contribution in [2.45, 2.75) is 25.9 Å². The number of benzene rings is 2. The number of rotatable bonds is 4. The zero-order chi connectivity index (χ0) is 15.6. The molecule has 0 fully saturated rings. The summed E-state index contributed by atoms with van der Waals surface area (Å²) in [5.41, 5.74) is 9.05. The minimum Gasteiger partial charge on any atom is -0.367 e. The van der Waals surface area contributed by atoms with Crippen molar-refractivity contribution in [2.24, 2.45) is 5.73 Å². The second-order valence-corrected chi connectivity index (χ2v) is 6.19. The molecular formula is C17H20Cl2N2. The Bertz CT molecular complexity index is 626. The Labute approximate surface area is 136 Å². The van der Waals surface area contributed by atoms with Gasteiger partial charge in [0, 0.05) is 18.1 Å². The fourth-order valence-electron chi connectivity index (χ4n) is 2.29. The Balaban J connectivity index is 2.29. The average molecular weight is 323 g/mol. The monoisotopic (exact) mass is 322 g/mol. The van der Waals surface area contributed by atoms with E-state index in [9.17, 15) is 0 Å². The number of hydrogen-bond acceptors (Lipinski definition) is 2. The summed E-state index contributed by atoms with van der Waals surface area (Å²) in [6, 6.07) is 14.0. The third-order valence-electron chi connectivity index (χ3n) is 3.79. The molecule has 0 saturated carbocycles. The van der Waals surface area contributed by atoms with E-state index in [0.29, 0.717) is 5.02 Å². The zero-order valence-corrected chi connectivity index (χ0v) is 14.0. The molecule has 0 aliphatic rings. The molecule has 0 heterocycles. The van der Waals surface area contributed by atoms with Crippen molar-refractivity contribution in [3.05, 3.63) is 63.6 Å². The molecule has 2 aromatic rings. The molecule has 1 unspecified atom stereocenters. The van der Waals surface area contributed by atoms with Crippen LogP contribution in [0.15, 0.2) is 42.5 Å². The largest absolute Gasteiger partial charge is 0.367 e. The maximum absolute atomic E-state index is 6.41. The SMILES string of the molecule is CC(c1cccc(Cl)c1)N(C)c1ccc([C@H](C)N)cc1Cl. The van der Waals surface area contributed by atoms with Crippen LogP contribution in [0.1, 0.15) is 37.1 Å². The number of nitrogens with two attached hydrogens (primary N) is 1. The van der Waals surface area contributed by atoms with Crippen LogP contribution in [0, 0.1) is 0 Å². The van der Waals surface area contributed by atoms with Crippen molar-refractivity contribution >= 4 is 28.9 Å². The number of anilines is 1. The van der Waals surface area contributed by atoms with Gasteiger partial charge in [-0.15, -0.1) is 0 Å². The Morgan fingerprint density at radius 1 is 1.00 bits per heavy atom. The van der Waals surface area contributed by atoms with Crippen LogP contribution in [-0.2, 0) is 0 Å². The summed E-state index contributed by atoms with van der Waals surface area (Å²) in [6.07, 6.45) is 0. The first-order valence-corrected chi connectivity index (χ1v) is 7.69. The molecular weight excluding hydrogens is 303 g/mol. The van der Waals surface area contributed by atoms with Gasteiger partial charge in [0.15, 0.2) is 0 Å². The van der Waals surface area contributed by atoms with E-state index < -0.39 is 0 Å². The minimum absolute atomic E-state index is 0.0211. The highest BCUT2D eigenvalue weighted by Gasteiger charge is 2.16. The molecule has 0 radical (unpaired) electrons. The van der Waals surface area contributed by atoms with Crippen molar-refractivity contribution in [1.82, 2.24) is 0 Å². The van der Waals surface area contributed by atoms with Crippen LogP contribution in [0.25, 0.3) is 0 Å². The van der Waals surface area contributed by atoms with Crippen molar-refractivity contribution in [3.8, 4) is 0 Å². The van der Waals surface area contributed by atoms with E-state index in [1.54, 1.807) is 0 Å². The molecule has 2 N–H and O–H groups in total. The van der Waals surface area contributed by atoms with E-state index in [-0.39, 0.29) is 12.1 Å². The predicted molar refractivity (Wildman–Crippen MR) is 92.3 cm³/mol. The summed E-state index contributed by atoms with van der Waals surface area (Å²) in [5, 5.41) is 1.45. The van der Waals surface area contributed by atoms with Crippen LogP contribution < -0.4 is 10.6 Å². The van der Waals surface area contributed by atoms with Gasteiger partial charge in [0.1, 0.15) is 0 Å². The van der Waals surface area contributed by atoms with Gasteiger partial charge in [-0.25, -0.2) is 0 Å². The van der Waals surface area contributed by atoms with E-state index in [4.69, 9.17) is 28.9 Å². The van der Waals surface area contributed by atoms with E-state index >= 15 is 0 Å². The molecule has 0 amide bonds. The lowest BCUT2D eigenvalue weighted by Gasteiger charge is -2.28. The van der Waals surface area contributed by atoms with Gasteiger partial charge in [0.25, 0.3) is 0 Å². The van der Waals surface area contributed by atoms with Crippen LogP contribution >= 0.6 is 23.2 Å². The highest BCUT2D eigenvalue weighted by molar-refractivity contribution is 6.33. The molecule has 0 saturated heterocycles. The van der Waals surface area contributed by atoms with Crippen molar-refractivity contribution < 1.29 is 0 Å². The molecule has 2 rings (SSSR count). The Kier molecular flexibility index (Phi) is 5.15. The second kappa shape index (κ2) is 6.69. The minimum atomic E-state index is -0.0211. The normalized spacial score (nSPS) is 13.8. The lowest BCUT2D eigenvalue weighted by Crippen LogP contribution is -2.22. The van der Waals surface area contributed by atoms with Gasteiger partial charge in [-0.3, -0.25) is 0 Å². The summed E-state index contributed by atoms with van der Waals surface area (Å²) >= 11 is 12.5. The topological polar surface area (TPSA) is 29.3 Å². The van der Waals surface area contributed by atoms with Crippen molar-refractivity contribution in [3.63, 3.8) is 0 Å². The lowest BCUT2D eigenvalue weighted by molar-refractivity contribution is 0.739. The Morgan fingerprint density at radius 2 is 1.71 bits per heavy atom. The molecule has 0 spiro atoms. The number of halogens is 2. The van der Waals surface area contributed by atoms with Gasteiger partial charge in [0.05, 0.1) is 16.8 Å². The number of hydrogen-bond donors (Lipinski definition) is 1. The number of nitrogens with zero attached hydrogens (tertiary/aromatic N) is 1. The van der Waals surface area contributed by atoms with Crippen LogP contribution in [-0.4, -0.2) is 7.05 Å².